The van der Waals surface area contributed by atoms with Crippen LogP contribution in [0.2, 0.25) is 0 Å². The fraction of sp³-hybridized carbons (Fsp3) is 0.176. The van der Waals surface area contributed by atoms with Gasteiger partial charge in [0.2, 0.25) is 0 Å². The standard InChI is InChI=1S/C17H14O3/c18-16-11-10-15(13-8-4-5-9-14(13)16)17(19)20-12-6-2-1-3-7-12/h1-9,15H,10-11H2. The lowest BCUT2D eigenvalue weighted by Crippen LogP contribution is -2.25. The molecule has 0 aromatic heterocycles. The molecule has 0 bridgehead atoms. The van der Waals surface area contributed by atoms with Crippen LogP contribution in [0.1, 0.15) is 34.7 Å². The Morgan fingerprint density at radius 3 is 2.50 bits per heavy atom. The van der Waals surface area contributed by atoms with Gasteiger partial charge in [-0.05, 0) is 24.1 Å². The lowest BCUT2D eigenvalue weighted by molar-refractivity contribution is -0.136. The number of hydrogen-bond acceptors (Lipinski definition) is 3. The number of Topliss-reactive ketones (excluding diaryl/α,β-unsaturated/α-hetero) is 1. The predicted molar refractivity (Wildman–Crippen MR) is 74.8 cm³/mol. The highest BCUT2D eigenvalue weighted by Crippen LogP contribution is 2.32. The Hall–Kier alpha value is -2.42. The molecular formula is C17H14O3. The van der Waals surface area contributed by atoms with Gasteiger partial charge in [-0.15, -0.1) is 0 Å². The van der Waals surface area contributed by atoms with Crippen molar-refractivity contribution in [3.05, 3.63) is 65.7 Å². The third kappa shape index (κ3) is 2.35. The number of para-hydroxylation sites is 1. The van der Waals surface area contributed by atoms with E-state index in [-0.39, 0.29) is 17.7 Å². The van der Waals surface area contributed by atoms with Gasteiger partial charge in [-0.25, -0.2) is 0 Å². The monoisotopic (exact) mass is 266 g/mol. The van der Waals surface area contributed by atoms with Crippen LogP contribution in [0.4, 0.5) is 0 Å². The molecule has 1 aliphatic carbocycles. The molecule has 3 nitrogen and oxygen atoms in total. The van der Waals surface area contributed by atoms with Gasteiger partial charge in [-0.1, -0.05) is 42.5 Å². The second-order valence-corrected chi connectivity index (χ2v) is 4.84. The summed E-state index contributed by atoms with van der Waals surface area (Å²) in [7, 11) is 0. The smallest absolute Gasteiger partial charge is 0.318 e. The van der Waals surface area contributed by atoms with Crippen molar-refractivity contribution >= 4 is 11.8 Å². The molecule has 3 rings (SSSR count). The maximum Gasteiger partial charge on any atom is 0.318 e. The van der Waals surface area contributed by atoms with Gasteiger partial charge in [0.1, 0.15) is 5.75 Å². The van der Waals surface area contributed by atoms with E-state index in [0.717, 1.165) is 5.56 Å². The Labute approximate surface area is 117 Å². The van der Waals surface area contributed by atoms with Crippen molar-refractivity contribution in [2.75, 3.05) is 0 Å². The molecule has 0 amide bonds. The summed E-state index contributed by atoms with van der Waals surface area (Å²) in [6.07, 6.45) is 0.910. The number of ketones is 1. The molecule has 0 radical (unpaired) electrons. The summed E-state index contributed by atoms with van der Waals surface area (Å²) in [4.78, 5) is 24.2. The van der Waals surface area contributed by atoms with E-state index < -0.39 is 0 Å². The zero-order valence-corrected chi connectivity index (χ0v) is 10.9. The number of esters is 1. The molecule has 0 saturated heterocycles. The molecule has 2 aromatic carbocycles. The summed E-state index contributed by atoms with van der Waals surface area (Å²) in [6.45, 7) is 0. The highest BCUT2D eigenvalue weighted by atomic mass is 16.5. The molecular weight excluding hydrogens is 252 g/mol. The number of hydrogen-bond donors (Lipinski definition) is 0. The van der Waals surface area contributed by atoms with Crippen LogP contribution in [0.5, 0.6) is 5.75 Å². The lowest BCUT2D eigenvalue weighted by Gasteiger charge is -2.22. The Balaban J connectivity index is 1.86. The predicted octanol–water partition coefficient (Wildman–Crippen LogP) is 3.35. The SMILES string of the molecule is O=C1CCC(C(=O)Oc2ccccc2)c2ccccc21. The third-order valence-corrected chi connectivity index (χ3v) is 3.54. The molecule has 0 fully saturated rings. The molecule has 2 aromatic rings. The molecule has 0 spiro atoms. The van der Waals surface area contributed by atoms with E-state index in [1.807, 2.05) is 36.4 Å². The topological polar surface area (TPSA) is 43.4 Å². The van der Waals surface area contributed by atoms with Crippen LogP contribution < -0.4 is 4.74 Å². The quantitative estimate of drug-likeness (QED) is 0.618. The van der Waals surface area contributed by atoms with E-state index in [2.05, 4.69) is 0 Å². The van der Waals surface area contributed by atoms with Gasteiger partial charge in [0, 0.05) is 12.0 Å². The first-order valence-corrected chi connectivity index (χ1v) is 6.64. The average molecular weight is 266 g/mol. The number of fused-ring (bicyclic) bond motifs is 1. The normalized spacial score (nSPS) is 17.4. The highest BCUT2D eigenvalue weighted by Gasteiger charge is 2.31. The molecule has 0 saturated carbocycles. The molecule has 0 N–H and O–H groups in total. The maximum atomic E-state index is 12.3. The zero-order chi connectivity index (χ0) is 13.9. The third-order valence-electron chi connectivity index (χ3n) is 3.54. The lowest BCUT2D eigenvalue weighted by atomic mass is 9.82. The van der Waals surface area contributed by atoms with Gasteiger partial charge in [0.25, 0.3) is 0 Å². The van der Waals surface area contributed by atoms with Crippen molar-refractivity contribution in [3.63, 3.8) is 0 Å². The van der Waals surface area contributed by atoms with Crippen molar-refractivity contribution < 1.29 is 14.3 Å². The molecule has 20 heavy (non-hydrogen) atoms. The van der Waals surface area contributed by atoms with Crippen LogP contribution in [0, 0.1) is 0 Å². The van der Waals surface area contributed by atoms with Crippen LogP contribution in [-0.4, -0.2) is 11.8 Å². The van der Waals surface area contributed by atoms with E-state index >= 15 is 0 Å². The first-order chi connectivity index (χ1) is 9.75. The van der Waals surface area contributed by atoms with Crippen molar-refractivity contribution in [1.29, 1.82) is 0 Å². The van der Waals surface area contributed by atoms with Crippen LogP contribution >= 0.6 is 0 Å². The summed E-state index contributed by atoms with van der Waals surface area (Å²) < 4.78 is 5.40. The second kappa shape index (κ2) is 5.29. The zero-order valence-electron chi connectivity index (χ0n) is 10.9. The Morgan fingerprint density at radius 1 is 1.00 bits per heavy atom. The number of rotatable bonds is 2. The first-order valence-electron chi connectivity index (χ1n) is 6.64. The minimum absolute atomic E-state index is 0.101. The van der Waals surface area contributed by atoms with Gasteiger partial charge in [-0.3, -0.25) is 9.59 Å². The van der Waals surface area contributed by atoms with Gasteiger partial charge >= 0.3 is 5.97 Å². The van der Waals surface area contributed by atoms with E-state index in [1.54, 1.807) is 18.2 Å². The average Bonchev–Trinajstić information content (AvgIpc) is 2.49. The van der Waals surface area contributed by atoms with Gasteiger partial charge in [0.05, 0.1) is 5.92 Å². The summed E-state index contributed by atoms with van der Waals surface area (Å²) in [5.74, 6) is -0.0171. The minimum atomic E-state index is -0.357. The molecule has 100 valence electrons. The molecule has 1 aliphatic rings. The van der Waals surface area contributed by atoms with Gasteiger partial charge < -0.3 is 4.74 Å². The van der Waals surface area contributed by atoms with Gasteiger partial charge in [-0.2, -0.15) is 0 Å². The van der Waals surface area contributed by atoms with Crippen molar-refractivity contribution in [1.82, 2.24) is 0 Å². The number of benzene rings is 2. The molecule has 0 heterocycles. The van der Waals surface area contributed by atoms with Crippen LogP contribution in [-0.2, 0) is 4.79 Å². The van der Waals surface area contributed by atoms with E-state index in [4.69, 9.17) is 4.74 Å². The summed E-state index contributed by atoms with van der Waals surface area (Å²) in [6, 6.07) is 16.3. The van der Waals surface area contributed by atoms with Crippen LogP contribution in [0.3, 0.4) is 0 Å². The number of ether oxygens (including phenoxy) is 1. The first kappa shape index (κ1) is 12.6. The van der Waals surface area contributed by atoms with Crippen LogP contribution in [0.15, 0.2) is 54.6 Å². The minimum Gasteiger partial charge on any atom is -0.426 e. The molecule has 1 atom stereocenters. The van der Waals surface area contributed by atoms with E-state index in [0.29, 0.717) is 24.2 Å². The number of carbonyl (C=O) groups excluding carboxylic acids is 2. The Morgan fingerprint density at radius 2 is 1.70 bits per heavy atom. The highest BCUT2D eigenvalue weighted by molar-refractivity contribution is 6.01. The maximum absolute atomic E-state index is 12.3. The second-order valence-electron chi connectivity index (χ2n) is 4.84. The summed E-state index contributed by atoms with van der Waals surface area (Å²) in [5.41, 5.74) is 1.43. The largest absolute Gasteiger partial charge is 0.426 e. The summed E-state index contributed by atoms with van der Waals surface area (Å²) in [5, 5.41) is 0. The van der Waals surface area contributed by atoms with Crippen molar-refractivity contribution in [2.45, 2.75) is 18.8 Å². The van der Waals surface area contributed by atoms with E-state index in [9.17, 15) is 9.59 Å². The van der Waals surface area contributed by atoms with Gasteiger partial charge in [0.15, 0.2) is 5.78 Å². The number of carbonyl (C=O) groups is 2. The Kier molecular flexibility index (Phi) is 3.33. The molecule has 3 heteroatoms. The van der Waals surface area contributed by atoms with Crippen molar-refractivity contribution in [2.24, 2.45) is 0 Å². The molecule has 0 aliphatic heterocycles. The van der Waals surface area contributed by atoms with Crippen LogP contribution in [0.25, 0.3) is 0 Å². The fourth-order valence-electron chi connectivity index (χ4n) is 2.54. The van der Waals surface area contributed by atoms with E-state index in [1.165, 1.54) is 0 Å². The van der Waals surface area contributed by atoms with Crippen molar-refractivity contribution in [3.8, 4) is 5.75 Å². The Bertz CT molecular complexity index is 646. The summed E-state index contributed by atoms with van der Waals surface area (Å²) >= 11 is 0. The molecule has 1 unspecified atom stereocenters. The fourth-order valence-corrected chi connectivity index (χ4v) is 2.54.